The molecule has 1 aromatic carbocycles. The Kier molecular flexibility index (Phi) is 5.53. The van der Waals surface area contributed by atoms with E-state index in [1.807, 2.05) is 13.8 Å². The number of benzene rings is 1. The minimum Gasteiger partial charge on any atom is -0.461 e. The Bertz CT molecular complexity index is 918. The van der Waals surface area contributed by atoms with Crippen LogP contribution in [0.4, 0.5) is 13.2 Å². The van der Waals surface area contributed by atoms with Gasteiger partial charge in [0.2, 0.25) is 11.7 Å². The van der Waals surface area contributed by atoms with Gasteiger partial charge in [-0.1, -0.05) is 25.4 Å². The van der Waals surface area contributed by atoms with Crippen LogP contribution in [-0.4, -0.2) is 16.0 Å². The maximum absolute atomic E-state index is 12.7. The van der Waals surface area contributed by atoms with Gasteiger partial charge in [-0.15, -0.1) is 0 Å². The molecule has 0 aliphatic heterocycles. The molecule has 0 fully saturated rings. The predicted octanol–water partition coefficient (Wildman–Crippen LogP) is 4.87. The van der Waals surface area contributed by atoms with Gasteiger partial charge in [0.15, 0.2) is 5.76 Å². The van der Waals surface area contributed by atoms with Gasteiger partial charge in [-0.2, -0.15) is 18.2 Å². The molecule has 0 bridgehead atoms. The summed E-state index contributed by atoms with van der Waals surface area (Å²) in [5.74, 6) is 0.283. The number of rotatable bonds is 6. The van der Waals surface area contributed by atoms with Gasteiger partial charge in [-0.3, -0.25) is 4.79 Å². The first-order valence-corrected chi connectivity index (χ1v) is 8.65. The molecule has 6 nitrogen and oxygen atoms in total. The van der Waals surface area contributed by atoms with Gasteiger partial charge in [-0.05, 0) is 42.3 Å². The van der Waals surface area contributed by atoms with Crippen molar-refractivity contribution in [1.82, 2.24) is 15.5 Å². The average molecular weight is 393 g/mol. The minimum absolute atomic E-state index is 0.0525. The molecule has 28 heavy (non-hydrogen) atoms. The van der Waals surface area contributed by atoms with Crippen molar-refractivity contribution in [3.8, 4) is 11.6 Å². The van der Waals surface area contributed by atoms with E-state index in [1.165, 1.54) is 6.26 Å². The zero-order valence-corrected chi connectivity index (χ0v) is 15.2. The molecule has 2 aromatic heterocycles. The number of amides is 1. The first kappa shape index (κ1) is 19.7. The third kappa shape index (κ3) is 4.24. The molecular weight excluding hydrogens is 375 g/mol. The molecule has 0 unspecified atom stereocenters. The molecule has 0 spiro atoms. The normalized spacial score (nSPS) is 13.9. The van der Waals surface area contributed by atoms with Crippen LogP contribution < -0.4 is 5.32 Å². The van der Waals surface area contributed by atoms with E-state index >= 15 is 0 Å². The Morgan fingerprint density at radius 3 is 2.50 bits per heavy atom. The summed E-state index contributed by atoms with van der Waals surface area (Å²) >= 11 is 0. The van der Waals surface area contributed by atoms with Gasteiger partial charge in [0.05, 0.1) is 11.8 Å². The Morgan fingerprint density at radius 1 is 1.21 bits per heavy atom. The van der Waals surface area contributed by atoms with Crippen molar-refractivity contribution in [1.29, 1.82) is 0 Å². The Morgan fingerprint density at radius 2 is 1.93 bits per heavy atom. The van der Waals surface area contributed by atoms with Crippen LogP contribution in [0.2, 0.25) is 0 Å². The van der Waals surface area contributed by atoms with Crippen LogP contribution in [-0.2, 0) is 6.18 Å². The summed E-state index contributed by atoms with van der Waals surface area (Å²) < 4.78 is 48.6. The van der Waals surface area contributed by atoms with E-state index in [0.717, 1.165) is 24.3 Å². The number of carbonyl (C=O) groups is 1. The lowest BCUT2D eigenvalue weighted by Gasteiger charge is -2.20. The van der Waals surface area contributed by atoms with E-state index in [4.69, 9.17) is 8.94 Å². The second kappa shape index (κ2) is 7.87. The van der Waals surface area contributed by atoms with Crippen LogP contribution >= 0.6 is 0 Å². The molecule has 0 radical (unpaired) electrons. The topological polar surface area (TPSA) is 81.2 Å². The standard InChI is InChI=1S/C19H18F3N3O3/c1-3-11(2)15(18-24-16(25-28-18)14-5-4-10-27-14)23-17(26)12-6-8-13(9-7-12)19(20,21)22/h4-11,15H,3H2,1-2H3,(H,23,26)/t11-,15-/m0/s1. The average Bonchev–Trinajstić information content (AvgIpc) is 3.36. The zero-order valence-electron chi connectivity index (χ0n) is 15.2. The lowest BCUT2D eigenvalue weighted by atomic mass is 9.98. The fourth-order valence-electron chi connectivity index (χ4n) is 2.59. The van der Waals surface area contributed by atoms with Crippen molar-refractivity contribution in [3.05, 3.63) is 59.7 Å². The van der Waals surface area contributed by atoms with Crippen molar-refractivity contribution in [2.45, 2.75) is 32.5 Å². The molecule has 0 aliphatic rings. The minimum atomic E-state index is -4.46. The Labute approximate surface area is 158 Å². The molecule has 0 saturated heterocycles. The summed E-state index contributed by atoms with van der Waals surface area (Å²) in [7, 11) is 0. The summed E-state index contributed by atoms with van der Waals surface area (Å²) in [4.78, 5) is 16.8. The van der Waals surface area contributed by atoms with Crippen molar-refractivity contribution < 1.29 is 26.9 Å². The predicted molar refractivity (Wildman–Crippen MR) is 93.1 cm³/mol. The summed E-state index contributed by atoms with van der Waals surface area (Å²) in [6.45, 7) is 3.83. The van der Waals surface area contributed by atoms with E-state index < -0.39 is 23.7 Å². The van der Waals surface area contributed by atoms with Crippen LogP contribution in [0.15, 0.2) is 51.6 Å². The van der Waals surface area contributed by atoms with Crippen LogP contribution in [0.3, 0.4) is 0 Å². The van der Waals surface area contributed by atoms with E-state index in [2.05, 4.69) is 15.5 Å². The third-order valence-corrected chi connectivity index (χ3v) is 4.42. The molecule has 2 atom stereocenters. The highest BCUT2D eigenvalue weighted by Gasteiger charge is 2.31. The van der Waals surface area contributed by atoms with Crippen LogP contribution in [0, 0.1) is 5.92 Å². The fourth-order valence-corrected chi connectivity index (χ4v) is 2.59. The number of nitrogens with one attached hydrogen (secondary N) is 1. The highest BCUT2D eigenvalue weighted by Crippen LogP contribution is 2.30. The lowest BCUT2D eigenvalue weighted by Crippen LogP contribution is -2.32. The van der Waals surface area contributed by atoms with Gasteiger partial charge < -0.3 is 14.3 Å². The Hall–Kier alpha value is -3.10. The van der Waals surface area contributed by atoms with E-state index in [-0.39, 0.29) is 23.2 Å². The first-order chi connectivity index (χ1) is 13.3. The van der Waals surface area contributed by atoms with Gasteiger partial charge in [-0.25, -0.2) is 0 Å². The number of nitrogens with zero attached hydrogens (tertiary/aromatic N) is 2. The highest BCUT2D eigenvalue weighted by molar-refractivity contribution is 5.94. The molecule has 0 saturated carbocycles. The maximum Gasteiger partial charge on any atom is 0.416 e. The largest absolute Gasteiger partial charge is 0.461 e. The highest BCUT2D eigenvalue weighted by atomic mass is 19.4. The first-order valence-electron chi connectivity index (χ1n) is 8.65. The lowest BCUT2D eigenvalue weighted by molar-refractivity contribution is -0.137. The van der Waals surface area contributed by atoms with Gasteiger partial charge >= 0.3 is 6.18 Å². The Balaban J connectivity index is 1.80. The van der Waals surface area contributed by atoms with E-state index in [9.17, 15) is 18.0 Å². The van der Waals surface area contributed by atoms with E-state index in [0.29, 0.717) is 12.2 Å². The van der Waals surface area contributed by atoms with E-state index in [1.54, 1.807) is 12.1 Å². The molecule has 3 rings (SSSR count). The smallest absolute Gasteiger partial charge is 0.416 e. The molecule has 3 aromatic rings. The number of hydrogen-bond donors (Lipinski definition) is 1. The second-order valence-corrected chi connectivity index (χ2v) is 6.35. The summed E-state index contributed by atoms with van der Waals surface area (Å²) in [5, 5.41) is 6.63. The number of hydrogen-bond acceptors (Lipinski definition) is 5. The molecular formula is C19H18F3N3O3. The molecule has 0 aliphatic carbocycles. The number of furan rings is 1. The SMILES string of the molecule is CC[C@H](C)[C@H](NC(=O)c1ccc(C(F)(F)F)cc1)c1nc(-c2ccco2)no1. The molecule has 1 amide bonds. The zero-order chi connectivity index (χ0) is 20.3. The summed E-state index contributed by atoms with van der Waals surface area (Å²) in [6.07, 6.45) is -2.28. The van der Waals surface area contributed by atoms with Gasteiger partial charge in [0, 0.05) is 5.56 Å². The van der Waals surface area contributed by atoms with Crippen molar-refractivity contribution in [2.24, 2.45) is 5.92 Å². The number of carbonyl (C=O) groups excluding carboxylic acids is 1. The fraction of sp³-hybridized carbons (Fsp3) is 0.316. The van der Waals surface area contributed by atoms with Gasteiger partial charge in [0.25, 0.3) is 5.91 Å². The van der Waals surface area contributed by atoms with Crippen molar-refractivity contribution in [2.75, 3.05) is 0 Å². The number of aromatic nitrogens is 2. The quantitative estimate of drug-likeness (QED) is 0.646. The summed E-state index contributed by atoms with van der Waals surface area (Å²) in [6, 6.07) is 6.76. The molecule has 9 heteroatoms. The number of halogens is 3. The van der Waals surface area contributed by atoms with Crippen LogP contribution in [0.5, 0.6) is 0 Å². The summed E-state index contributed by atoms with van der Waals surface area (Å²) in [5.41, 5.74) is -0.713. The van der Waals surface area contributed by atoms with Crippen molar-refractivity contribution in [3.63, 3.8) is 0 Å². The third-order valence-electron chi connectivity index (χ3n) is 4.42. The maximum atomic E-state index is 12.7. The number of alkyl halides is 3. The van der Waals surface area contributed by atoms with Crippen molar-refractivity contribution >= 4 is 5.91 Å². The van der Waals surface area contributed by atoms with Gasteiger partial charge in [0.1, 0.15) is 6.04 Å². The monoisotopic (exact) mass is 393 g/mol. The van der Waals surface area contributed by atoms with Crippen LogP contribution in [0.25, 0.3) is 11.6 Å². The molecule has 2 heterocycles. The molecule has 1 N–H and O–H groups in total. The molecule has 148 valence electrons. The van der Waals surface area contributed by atoms with Crippen LogP contribution in [0.1, 0.15) is 48.1 Å². The second-order valence-electron chi connectivity index (χ2n) is 6.35.